The molecular formula is C13H11F4NO3. The molecule has 0 bridgehead atoms. The highest BCUT2D eigenvalue weighted by Crippen LogP contribution is 2.33. The van der Waals surface area contributed by atoms with E-state index in [4.69, 9.17) is 0 Å². The van der Waals surface area contributed by atoms with Crippen LogP contribution in [0.1, 0.15) is 15.9 Å². The van der Waals surface area contributed by atoms with Gasteiger partial charge in [0.05, 0.1) is 17.9 Å². The van der Waals surface area contributed by atoms with Gasteiger partial charge in [0, 0.05) is 6.54 Å². The van der Waals surface area contributed by atoms with Crippen LogP contribution in [0.2, 0.25) is 0 Å². The fraction of sp³-hybridized carbons (Fsp3) is 0.385. The van der Waals surface area contributed by atoms with Crippen molar-refractivity contribution in [3.05, 3.63) is 29.1 Å². The summed E-state index contributed by atoms with van der Waals surface area (Å²) in [6, 6.07) is 2.09. The highest BCUT2D eigenvalue weighted by Gasteiger charge is 2.37. The number of anilines is 1. The minimum atomic E-state index is -4.46. The molecule has 0 spiro atoms. The van der Waals surface area contributed by atoms with Crippen LogP contribution in [0.15, 0.2) is 12.1 Å². The van der Waals surface area contributed by atoms with E-state index in [-0.39, 0.29) is 24.4 Å². The number of carbonyl (C=O) groups excluding carboxylic acids is 2. The van der Waals surface area contributed by atoms with Crippen LogP contribution >= 0.6 is 0 Å². The summed E-state index contributed by atoms with van der Waals surface area (Å²) in [5, 5.41) is 0. The second-order valence-corrected chi connectivity index (χ2v) is 4.57. The molecule has 0 aromatic heterocycles. The van der Waals surface area contributed by atoms with E-state index in [0.29, 0.717) is 5.56 Å². The Kier molecular flexibility index (Phi) is 3.99. The molecule has 0 fully saturated rings. The highest BCUT2D eigenvalue weighted by atomic mass is 19.4. The van der Waals surface area contributed by atoms with Gasteiger partial charge in [0.25, 0.3) is 11.7 Å². The van der Waals surface area contributed by atoms with Crippen molar-refractivity contribution in [1.82, 2.24) is 0 Å². The first-order valence-corrected chi connectivity index (χ1v) is 6.01. The predicted octanol–water partition coefficient (Wildman–Crippen LogP) is 2.24. The summed E-state index contributed by atoms with van der Waals surface area (Å²) < 4.78 is 53.5. The van der Waals surface area contributed by atoms with Crippen LogP contribution in [-0.4, -0.2) is 37.6 Å². The van der Waals surface area contributed by atoms with Gasteiger partial charge in [-0.1, -0.05) is 0 Å². The first-order chi connectivity index (χ1) is 9.70. The molecule has 1 aromatic carbocycles. The summed E-state index contributed by atoms with van der Waals surface area (Å²) in [6.45, 7) is -0.509. The maximum absolute atomic E-state index is 13.3. The van der Waals surface area contributed by atoms with Crippen molar-refractivity contribution in [3.63, 3.8) is 0 Å². The lowest BCUT2D eigenvalue weighted by Crippen LogP contribution is -2.34. The molecular weight excluding hydrogens is 294 g/mol. The number of carbonyl (C=O) groups is 2. The van der Waals surface area contributed by atoms with Crippen molar-refractivity contribution in [2.75, 3.05) is 24.7 Å². The van der Waals surface area contributed by atoms with E-state index in [1.54, 1.807) is 0 Å². The molecule has 0 aliphatic carbocycles. The average molecular weight is 305 g/mol. The van der Waals surface area contributed by atoms with E-state index in [0.717, 1.165) is 17.0 Å². The quantitative estimate of drug-likeness (QED) is 0.487. The molecule has 4 nitrogen and oxygen atoms in total. The minimum absolute atomic E-state index is 0.0756. The first kappa shape index (κ1) is 15.4. The Morgan fingerprint density at radius 3 is 2.52 bits per heavy atom. The van der Waals surface area contributed by atoms with E-state index in [1.807, 2.05) is 0 Å². The number of rotatable bonds is 4. The zero-order valence-electron chi connectivity index (χ0n) is 11.0. The number of ketones is 1. The van der Waals surface area contributed by atoms with Gasteiger partial charge in [-0.05, 0) is 24.6 Å². The minimum Gasteiger partial charge on any atom is -0.370 e. The van der Waals surface area contributed by atoms with E-state index in [9.17, 15) is 27.2 Å². The monoisotopic (exact) mass is 305 g/mol. The normalized spacial score (nSPS) is 14.8. The average Bonchev–Trinajstić information content (AvgIpc) is 2.58. The summed E-state index contributed by atoms with van der Waals surface area (Å²) in [6.07, 6.45) is -4.46. The standard InChI is InChI=1S/C13H11F4NO3/c1-7-4-8(14)5-9-10(7)18(12(20)11(9)19)2-3-21-6-13(15,16)17/h4-5H,2-3,6H2,1H3. The second-order valence-electron chi connectivity index (χ2n) is 4.57. The maximum Gasteiger partial charge on any atom is 0.411 e. The Morgan fingerprint density at radius 1 is 1.24 bits per heavy atom. The largest absolute Gasteiger partial charge is 0.411 e. The van der Waals surface area contributed by atoms with Crippen LogP contribution in [0.25, 0.3) is 0 Å². The lowest BCUT2D eigenvalue weighted by molar-refractivity contribution is -0.173. The number of nitrogens with zero attached hydrogens (tertiary/aromatic N) is 1. The molecule has 1 amide bonds. The SMILES string of the molecule is Cc1cc(F)cc2c1N(CCOCC(F)(F)F)C(=O)C2=O. The van der Waals surface area contributed by atoms with Crippen LogP contribution in [0.5, 0.6) is 0 Å². The van der Waals surface area contributed by atoms with E-state index >= 15 is 0 Å². The molecule has 2 rings (SSSR count). The fourth-order valence-corrected chi connectivity index (χ4v) is 2.16. The van der Waals surface area contributed by atoms with Crippen LogP contribution in [-0.2, 0) is 9.53 Å². The zero-order chi connectivity index (χ0) is 15.8. The zero-order valence-corrected chi connectivity index (χ0v) is 11.0. The van der Waals surface area contributed by atoms with Crippen LogP contribution < -0.4 is 4.90 Å². The lowest BCUT2D eigenvalue weighted by atomic mass is 10.1. The van der Waals surface area contributed by atoms with E-state index in [2.05, 4.69) is 4.74 Å². The Hall–Kier alpha value is -1.96. The van der Waals surface area contributed by atoms with Crippen molar-refractivity contribution < 1.29 is 31.9 Å². The number of hydrogen-bond acceptors (Lipinski definition) is 3. The van der Waals surface area contributed by atoms with Gasteiger partial charge in [-0.3, -0.25) is 9.59 Å². The Balaban J connectivity index is 2.12. The van der Waals surface area contributed by atoms with Crippen LogP contribution in [0.3, 0.4) is 0 Å². The highest BCUT2D eigenvalue weighted by molar-refractivity contribution is 6.52. The summed E-state index contributed by atoms with van der Waals surface area (Å²) >= 11 is 0. The number of hydrogen-bond donors (Lipinski definition) is 0. The lowest BCUT2D eigenvalue weighted by Gasteiger charge is -2.18. The van der Waals surface area contributed by atoms with Crippen LogP contribution in [0, 0.1) is 12.7 Å². The van der Waals surface area contributed by atoms with E-state index in [1.165, 1.54) is 6.92 Å². The summed E-state index contributed by atoms with van der Waals surface area (Å²) in [5.74, 6) is -2.42. The molecule has 0 atom stereocenters. The number of aryl methyl sites for hydroxylation is 1. The van der Waals surface area contributed by atoms with Gasteiger partial charge in [-0.2, -0.15) is 13.2 Å². The molecule has 0 N–H and O–H groups in total. The molecule has 8 heteroatoms. The van der Waals surface area contributed by atoms with Gasteiger partial charge in [0.15, 0.2) is 0 Å². The van der Waals surface area contributed by atoms with Gasteiger partial charge in [0.2, 0.25) is 0 Å². The molecule has 1 heterocycles. The topological polar surface area (TPSA) is 46.6 Å². The number of ether oxygens (including phenoxy) is 1. The molecule has 0 saturated carbocycles. The molecule has 21 heavy (non-hydrogen) atoms. The predicted molar refractivity (Wildman–Crippen MR) is 64.7 cm³/mol. The molecule has 0 unspecified atom stereocenters. The summed E-state index contributed by atoms with van der Waals surface area (Å²) in [5.41, 5.74) is 0.510. The number of halogens is 4. The van der Waals surface area contributed by atoms with Gasteiger partial charge in [-0.15, -0.1) is 0 Å². The van der Waals surface area contributed by atoms with Crippen molar-refractivity contribution in [2.24, 2.45) is 0 Å². The first-order valence-electron chi connectivity index (χ1n) is 6.01. The Labute approximate surface area is 117 Å². The number of alkyl halides is 3. The molecule has 1 aliphatic heterocycles. The summed E-state index contributed by atoms with van der Waals surface area (Å²) in [4.78, 5) is 24.5. The number of amides is 1. The molecule has 0 radical (unpaired) electrons. The number of fused-ring (bicyclic) bond motifs is 1. The van der Waals surface area contributed by atoms with Gasteiger partial charge in [-0.25, -0.2) is 4.39 Å². The van der Waals surface area contributed by atoms with Crippen molar-refractivity contribution >= 4 is 17.4 Å². The molecule has 1 aromatic rings. The summed E-state index contributed by atoms with van der Waals surface area (Å²) in [7, 11) is 0. The van der Waals surface area contributed by atoms with Crippen molar-refractivity contribution in [3.8, 4) is 0 Å². The third kappa shape index (κ3) is 3.21. The third-order valence-corrected chi connectivity index (χ3v) is 2.94. The Bertz CT molecular complexity index is 598. The molecule has 0 saturated heterocycles. The van der Waals surface area contributed by atoms with Crippen molar-refractivity contribution in [1.29, 1.82) is 0 Å². The van der Waals surface area contributed by atoms with Gasteiger partial charge >= 0.3 is 6.18 Å². The number of benzene rings is 1. The Morgan fingerprint density at radius 2 is 1.90 bits per heavy atom. The smallest absolute Gasteiger partial charge is 0.370 e. The van der Waals surface area contributed by atoms with E-state index < -0.39 is 30.3 Å². The number of Topliss-reactive ketones (excluding diaryl/α,β-unsaturated/α-hetero) is 1. The van der Waals surface area contributed by atoms with Gasteiger partial charge < -0.3 is 9.64 Å². The second kappa shape index (κ2) is 5.44. The van der Waals surface area contributed by atoms with Crippen molar-refractivity contribution in [2.45, 2.75) is 13.1 Å². The third-order valence-electron chi connectivity index (χ3n) is 2.94. The molecule has 114 valence electrons. The maximum atomic E-state index is 13.3. The molecule has 1 aliphatic rings. The van der Waals surface area contributed by atoms with Crippen LogP contribution in [0.4, 0.5) is 23.2 Å². The fourth-order valence-electron chi connectivity index (χ4n) is 2.16. The van der Waals surface area contributed by atoms with Gasteiger partial charge in [0.1, 0.15) is 12.4 Å².